The molecule has 0 radical (unpaired) electrons. The molecule has 1 aromatic rings. The van der Waals surface area contributed by atoms with Crippen molar-refractivity contribution in [2.24, 2.45) is 0 Å². The van der Waals surface area contributed by atoms with Crippen LogP contribution in [0.4, 0.5) is 5.13 Å². The number of likely N-dealkylation sites (N-methyl/N-ethyl adjacent to an activating group) is 1. The van der Waals surface area contributed by atoms with Crippen LogP contribution < -0.4 is 10.6 Å². The summed E-state index contributed by atoms with van der Waals surface area (Å²) in [5.41, 5.74) is -0.287. The molecule has 16 heavy (non-hydrogen) atoms. The van der Waals surface area contributed by atoms with E-state index in [1.807, 2.05) is 0 Å². The normalized spacial score (nSPS) is 11.2. The van der Waals surface area contributed by atoms with Crippen LogP contribution in [-0.2, 0) is 4.79 Å². The lowest BCUT2D eigenvalue weighted by atomic mass is 10.1. The quantitative estimate of drug-likeness (QED) is 0.779. The van der Waals surface area contributed by atoms with Gasteiger partial charge in [-0.15, -0.1) is 11.3 Å². The molecule has 0 aliphatic carbocycles. The van der Waals surface area contributed by atoms with Crippen molar-refractivity contribution < 1.29 is 9.59 Å². The number of anilines is 1. The minimum Gasteiger partial charge on any atom is -0.307 e. The summed E-state index contributed by atoms with van der Waals surface area (Å²) < 4.78 is 0. The first-order valence-corrected chi connectivity index (χ1v) is 5.71. The van der Waals surface area contributed by atoms with Gasteiger partial charge in [-0.2, -0.15) is 0 Å². The minimum absolute atomic E-state index is 0.107. The molecule has 0 aliphatic rings. The monoisotopic (exact) mass is 241 g/mol. The largest absolute Gasteiger partial charge is 0.307 e. The van der Waals surface area contributed by atoms with Gasteiger partial charge in [-0.05, 0) is 20.9 Å². The first-order chi connectivity index (χ1) is 7.36. The molecule has 2 N–H and O–H groups in total. The number of hydrogen-bond donors (Lipinski definition) is 2. The average Bonchev–Trinajstić information content (AvgIpc) is 2.66. The van der Waals surface area contributed by atoms with Gasteiger partial charge in [0.05, 0.1) is 5.54 Å². The third-order valence-corrected chi connectivity index (χ3v) is 3.04. The van der Waals surface area contributed by atoms with Gasteiger partial charge in [0.25, 0.3) is 0 Å². The van der Waals surface area contributed by atoms with Gasteiger partial charge in [-0.25, -0.2) is 4.98 Å². The van der Waals surface area contributed by atoms with E-state index in [4.69, 9.17) is 0 Å². The molecule has 5 nitrogen and oxygen atoms in total. The average molecular weight is 241 g/mol. The topological polar surface area (TPSA) is 71.1 Å². The van der Waals surface area contributed by atoms with E-state index in [0.29, 0.717) is 10.8 Å². The highest BCUT2D eigenvalue weighted by molar-refractivity contribution is 7.14. The highest BCUT2D eigenvalue weighted by atomic mass is 32.1. The van der Waals surface area contributed by atoms with Crippen molar-refractivity contribution in [3.05, 3.63) is 11.1 Å². The summed E-state index contributed by atoms with van der Waals surface area (Å²) in [5.74, 6) is -0.288. The van der Waals surface area contributed by atoms with E-state index < -0.39 is 5.54 Å². The maximum absolute atomic E-state index is 11.8. The van der Waals surface area contributed by atoms with Crippen molar-refractivity contribution in [3.63, 3.8) is 0 Å². The molecule has 0 unspecified atom stereocenters. The van der Waals surface area contributed by atoms with Gasteiger partial charge in [-0.3, -0.25) is 9.59 Å². The predicted molar refractivity (Wildman–Crippen MR) is 63.9 cm³/mol. The van der Waals surface area contributed by atoms with Crippen molar-refractivity contribution in [1.29, 1.82) is 0 Å². The zero-order valence-electron chi connectivity index (χ0n) is 9.75. The zero-order valence-corrected chi connectivity index (χ0v) is 10.6. The molecule has 1 heterocycles. The fourth-order valence-electron chi connectivity index (χ4n) is 0.860. The molecule has 0 aliphatic heterocycles. The molecule has 88 valence electrons. The first kappa shape index (κ1) is 12.8. The van der Waals surface area contributed by atoms with E-state index in [1.54, 1.807) is 26.3 Å². The van der Waals surface area contributed by atoms with Gasteiger partial charge in [0.15, 0.2) is 10.9 Å². The number of nitrogens with one attached hydrogen (secondary N) is 2. The van der Waals surface area contributed by atoms with Crippen LogP contribution in [0.1, 0.15) is 31.3 Å². The summed E-state index contributed by atoms with van der Waals surface area (Å²) in [6.45, 7) is 4.97. The maximum Gasteiger partial charge on any atom is 0.245 e. The van der Waals surface area contributed by atoms with Crippen LogP contribution in [-0.4, -0.2) is 29.3 Å². The first-order valence-electron chi connectivity index (χ1n) is 4.83. The molecule has 0 saturated carbocycles. The van der Waals surface area contributed by atoms with E-state index >= 15 is 0 Å². The highest BCUT2D eigenvalue weighted by Gasteiger charge is 2.25. The molecule has 0 fully saturated rings. The van der Waals surface area contributed by atoms with Gasteiger partial charge >= 0.3 is 0 Å². The molecule has 0 atom stereocenters. The summed E-state index contributed by atoms with van der Waals surface area (Å²) in [6.07, 6.45) is 0. The summed E-state index contributed by atoms with van der Waals surface area (Å²) >= 11 is 1.24. The molecule has 0 bridgehead atoms. The van der Waals surface area contributed by atoms with Crippen molar-refractivity contribution >= 4 is 28.2 Å². The fraction of sp³-hybridized carbons (Fsp3) is 0.500. The van der Waals surface area contributed by atoms with Crippen molar-refractivity contribution in [2.45, 2.75) is 26.3 Å². The minimum atomic E-state index is -0.665. The number of rotatable bonds is 4. The van der Waals surface area contributed by atoms with Crippen LogP contribution in [0.2, 0.25) is 0 Å². The Bertz CT molecular complexity index is 412. The van der Waals surface area contributed by atoms with Crippen LogP contribution in [0.15, 0.2) is 5.38 Å². The Morgan fingerprint density at radius 3 is 2.50 bits per heavy atom. The number of aromatic nitrogens is 1. The van der Waals surface area contributed by atoms with Crippen LogP contribution in [0.25, 0.3) is 0 Å². The number of nitrogens with zero attached hydrogens (tertiary/aromatic N) is 1. The Hall–Kier alpha value is -1.27. The number of carbonyl (C=O) groups excluding carboxylic acids is 2. The van der Waals surface area contributed by atoms with Gasteiger partial charge in [0.2, 0.25) is 5.91 Å². The predicted octanol–water partition coefficient (Wildman–Crippen LogP) is 1.28. The second kappa shape index (κ2) is 4.71. The van der Waals surface area contributed by atoms with Crippen molar-refractivity contribution in [2.75, 3.05) is 12.4 Å². The molecular formula is C10H15N3O2S. The van der Waals surface area contributed by atoms with Gasteiger partial charge in [0, 0.05) is 12.3 Å². The number of ketones is 1. The Labute approximate surface area is 98.3 Å². The molecule has 1 aromatic heterocycles. The van der Waals surface area contributed by atoms with Crippen molar-refractivity contribution in [3.8, 4) is 0 Å². The fourth-order valence-corrected chi connectivity index (χ4v) is 1.60. The molecule has 0 saturated heterocycles. The lowest BCUT2D eigenvalue weighted by molar-refractivity contribution is -0.121. The lowest BCUT2D eigenvalue weighted by Gasteiger charge is -2.21. The Morgan fingerprint density at radius 1 is 1.44 bits per heavy atom. The SMILES string of the molecule is CNC(C)(C)C(=O)Nc1nc(C(C)=O)cs1. The second-order valence-electron chi connectivity index (χ2n) is 3.92. The summed E-state index contributed by atoms with van der Waals surface area (Å²) in [5, 5.41) is 7.62. The zero-order chi connectivity index (χ0) is 12.3. The smallest absolute Gasteiger partial charge is 0.245 e. The van der Waals surface area contributed by atoms with E-state index in [1.165, 1.54) is 18.3 Å². The highest BCUT2D eigenvalue weighted by Crippen LogP contribution is 2.17. The third-order valence-electron chi connectivity index (χ3n) is 2.28. The number of Topliss-reactive ketones (excluding diaryl/α,β-unsaturated/α-hetero) is 1. The Balaban J connectivity index is 2.74. The Morgan fingerprint density at radius 2 is 2.06 bits per heavy atom. The molecular weight excluding hydrogens is 226 g/mol. The van der Waals surface area contributed by atoms with Crippen molar-refractivity contribution in [1.82, 2.24) is 10.3 Å². The molecule has 1 rings (SSSR count). The standard InChI is InChI=1S/C10H15N3O2S/c1-6(14)7-5-16-9(12-7)13-8(15)10(2,3)11-4/h5,11H,1-4H3,(H,12,13,15). The molecule has 0 spiro atoms. The summed E-state index contributed by atoms with van der Waals surface area (Å²) in [6, 6.07) is 0. The molecule has 0 aromatic carbocycles. The maximum atomic E-state index is 11.8. The number of thiazole rings is 1. The van der Waals surface area contributed by atoms with Crippen LogP contribution in [0.5, 0.6) is 0 Å². The van der Waals surface area contributed by atoms with E-state index in [0.717, 1.165) is 0 Å². The second-order valence-corrected chi connectivity index (χ2v) is 4.78. The lowest BCUT2D eigenvalue weighted by Crippen LogP contribution is -2.47. The Kier molecular flexibility index (Phi) is 3.77. The van der Waals surface area contributed by atoms with Gasteiger partial charge in [-0.1, -0.05) is 0 Å². The van der Waals surface area contributed by atoms with Crippen LogP contribution in [0.3, 0.4) is 0 Å². The molecule has 6 heteroatoms. The van der Waals surface area contributed by atoms with Gasteiger partial charge < -0.3 is 10.6 Å². The molecule has 1 amide bonds. The summed E-state index contributed by atoms with van der Waals surface area (Å²) in [7, 11) is 1.71. The van der Waals surface area contributed by atoms with Crippen LogP contribution in [0, 0.1) is 0 Å². The van der Waals surface area contributed by atoms with Gasteiger partial charge in [0.1, 0.15) is 5.69 Å². The van der Waals surface area contributed by atoms with E-state index in [-0.39, 0.29) is 11.7 Å². The van der Waals surface area contributed by atoms with E-state index in [2.05, 4.69) is 15.6 Å². The number of hydrogen-bond acceptors (Lipinski definition) is 5. The van der Waals surface area contributed by atoms with Crippen LogP contribution >= 0.6 is 11.3 Å². The van der Waals surface area contributed by atoms with E-state index in [9.17, 15) is 9.59 Å². The summed E-state index contributed by atoms with van der Waals surface area (Å²) in [4.78, 5) is 26.8. The number of amides is 1. The third kappa shape index (κ3) is 2.86. The number of carbonyl (C=O) groups is 2.